The number of esters is 1. The Morgan fingerprint density at radius 3 is 2.50 bits per heavy atom. The number of benzene rings is 1. The predicted molar refractivity (Wildman–Crippen MR) is 103 cm³/mol. The number of carbonyl (C=O) groups excluding carboxylic acids is 3. The van der Waals surface area contributed by atoms with Crippen molar-refractivity contribution in [2.24, 2.45) is 0 Å². The van der Waals surface area contributed by atoms with Crippen LogP contribution in [0.15, 0.2) is 12.1 Å². The van der Waals surface area contributed by atoms with Gasteiger partial charge in [0.15, 0.2) is 11.5 Å². The molecule has 1 aliphatic heterocycles. The normalized spacial score (nSPS) is 15.9. The summed E-state index contributed by atoms with van der Waals surface area (Å²) in [6.45, 7) is 1.48. The second-order valence-electron chi connectivity index (χ2n) is 5.69. The molecule has 1 aromatic carbocycles. The quantitative estimate of drug-likeness (QED) is 0.599. The summed E-state index contributed by atoms with van der Waals surface area (Å²) in [6.07, 6.45) is 0. The summed E-state index contributed by atoms with van der Waals surface area (Å²) in [5.74, 6) is 0.409. The van der Waals surface area contributed by atoms with E-state index in [1.54, 1.807) is 19.1 Å². The third-order valence-electron chi connectivity index (χ3n) is 4.02. The number of nitrogens with one attached hydrogen (secondary N) is 1. The fourth-order valence-corrected chi connectivity index (χ4v) is 4.00. The van der Waals surface area contributed by atoms with Gasteiger partial charge in [-0.15, -0.1) is 11.8 Å². The molecule has 154 valence electrons. The van der Waals surface area contributed by atoms with Crippen LogP contribution in [-0.2, 0) is 19.1 Å². The Balaban J connectivity index is 2.20. The number of hydrogen-bond donors (Lipinski definition) is 1. The van der Waals surface area contributed by atoms with Crippen LogP contribution in [0.25, 0.3) is 0 Å². The van der Waals surface area contributed by atoms with Crippen molar-refractivity contribution < 1.29 is 33.3 Å². The molecule has 28 heavy (non-hydrogen) atoms. The van der Waals surface area contributed by atoms with Gasteiger partial charge in [0.05, 0.1) is 33.7 Å². The van der Waals surface area contributed by atoms with E-state index >= 15 is 0 Å². The lowest BCUT2D eigenvalue weighted by Gasteiger charge is -2.26. The van der Waals surface area contributed by atoms with Gasteiger partial charge in [-0.1, -0.05) is 0 Å². The fraction of sp³-hybridized carbons (Fsp3) is 0.500. The first-order chi connectivity index (χ1) is 13.5. The van der Waals surface area contributed by atoms with Crippen molar-refractivity contribution in [1.82, 2.24) is 10.2 Å². The van der Waals surface area contributed by atoms with Crippen molar-refractivity contribution in [3.63, 3.8) is 0 Å². The summed E-state index contributed by atoms with van der Waals surface area (Å²) in [5.41, 5.74) is 0.689. The third-order valence-corrected chi connectivity index (χ3v) is 5.26. The average molecular weight is 412 g/mol. The fourth-order valence-electron chi connectivity index (χ4n) is 2.79. The maximum Gasteiger partial charge on any atom is 0.325 e. The van der Waals surface area contributed by atoms with Crippen molar-refractivity contribution in [3.8, 4) is 17.2 Å². The lowest BCUT2D eigenvalue weighted by Crippen LogP contribution is -2.41. The molecule has 0 aromatic heterocycles. The van der Waals surface area contributed by atoms with E-state index in [9.17, 15) is 14.4 Å². The van der Waals surface area contributed by atoms with E-state index in [2.05, 4.69) is 5.32 Å². The second kappa shape index (κ2) is 10.1. The van der Waals surface area contributed by atoms with Crippen LogP contribution in [0.2, 0.25) is 0 Å². The van der Waals surface area contributed by atoms with Gasteiger partial charge in [0, 0.05) is 5.56 Å². The third kappa shape index (κ3) is 4.80. The number of carbonyl (C=O) groups is 3. The minimum Gasteiger partial charge on any atom is -0.493 e. The van der Waals surface area contributed by atoms with Gasteiger partial charge in [-0.3, -0.25) is 14.4 Å². The summed E-state index contributed by atoms with van der Waals surface area (Å²) < 4.78 is 20.9. The van der Waals surface area contributed by atoms with Crippen molar-refractivity contribution >= 4 is 29.5 Å². The Hall–Kier alpha value is -2.62. The van der Waals surface area contributed by atoms with E-state index in [0.717, 1.165) is 0 Å². The van der Waals surface area contributed by atoms with Gasteiger partial charge in [-0.25, -0.2) is 0 Å². The first kappa shape index (κ1) is 21.7. The van der Waals surface area contributed by atoms with Crippen molar-refractivity contribution in [2.75, 3.05) is 46.8 Å². The van der Waals surface area contributed by atoms with E-state index in [4.69, 9.17) is 18.9 Å². The van der Waals surface area contributed by atoms with Gasteiger partial charge in [-0.05, 0) is 19.1 Å². The molecule has 2 rings (SSSR count). The molecular weight excluding hydrogens is 388 g/mol. The molecule has 1 aliphatic rings. The predicted octanol–water partition coefficient (Wildman–Crippen LogP) is 0.966. The van der Waals surface area contributed by atoms with Gasteiger partial charge in [-0.2, -0.15) is 0 Å². The zero-order valence-electron chi connectivity index (χ0n) is 16.3. The molecule has 1 fully saturated rings. The Morgan fingerprint density at radius 2 is 1.89 bits per heavy atom. The van der Waals surface area contributed by atoms with Crippen LogP contribution in [0.5, 0.6) is 17.2 Å². The van der Waals surface area contributed by atoms with Crippen LogP contribution in [0.3, 0.4) is 0 Å². The Bertz CT molecular complexity index is 741. The minimum atomic E-state index is -0.531. The molecule has 0 saturated carbocycles. The summed E-state index contributed by atoms with van der Waals surface area (Å²) >= 11 is 1.38. The van der Waals surface area contributed by atoms with Crippen LogP contribution < -0.4 is 19.5 Å². The van der Waals surface area contributed by atoms with E-state index in [1.807, 2.05) is 0 Å². The average Bonchev–Trinajstić information content (AvgIpc) is 3.05. The molecule has 1 N–H and O–H groups in total. The van der Waals surface area contributed by atoms with Crippen molar-refractivity contribution in [3.05, 3.63) is 17.7 Å². The van der Waals surface area contributed by atoms with E-state index in [-0.39, 0.29) is 31.4 Å². The van der Waals surface area contributed by atoms with E-state index in [1.165, 1.54) is 38.0 Å². The Morgan fingerprint density at radius 1 is 1.18 bits per heavy atom. The molecule has 10 heteroatoms. The van der Waals surface area contributed by atoms with Crippen LogP contribution in [0, 0.1) is 0 Å². The second-order valence-corrected chi connectivity index (χ2v) is 6.76. The van der Waals surface area contributed by atoms with Gasteiger partial charge >= 0.3 is 5.97 Å². The van der Waals surface area contributed by atoms with Crippen molar-refractivity contribution in [2.45, 2.75) is 12.3 Å². The molecular formula is C18H24N2O7S. The van der Waals surface area contributed by atoms with Gasteiger partial charge in [0.2, 0.25) is 17.6 Å². The highest BCUT2D eigenvalue weighted by Gasteiger charge is 2.37. The highest BCUT2D eigenvalue weighted by Crippen LogP contribution is 2.48. The smallest absolute Gasteiger partial charge is 0.325 e. The van der Waals surface area contributed by atoms with Gasteiger partial charge in [0.1, 0.15) is 18.5 Å². The number of rotatable bonds is 9. The summed E-state index contributed by atoms with van der Waals surface area (Å²) in [4.78, 5) is 37.4. The lowest BCUT2D eigenvalue weighted by atomic mass is 10.1. The molecule has 1 saturated heterocycles. The van der Waals surface area contributed by atoms with Crippen LogP contribution >= 0.6 is 11.8 Å². The highest BCUT2D eigenvalue weighted by atomic mass is 32.2. The van der Waals surface area contributed by atoms with E-state index in [0.29, 0.717) is 22.8 Å². The highest BCUT2D eigenvalue weighted by molar-refractivity contribution is 8.00. The largest absolute Gasteiger partial charge is 0.493 e. The van der Waals surface area contributed by atoms with Crippen molar-refractivity contribution in [1.29, 1.82) is 0 Å². The first-order valence-electron chi connectivity index (χ1n) is 8.59. The number of hydrogen-bond acceptors (Lipinski definition) is 8. The number of ether oxygens (including phenoxy) is 4. The summed E-state index contributed by atoms with van der Waals surface area (Å²) in [5, 5.41) is 2.03. The molecule has 1 atom stereocenters. The number of amides is 2. The molecule has 0 bridgehead atoms. The SMILES string of the molecule is CCOC(=O)CNC(=O)CN1C(=O)CSC1c1ccc(OC)c(OC)c1OC. The molecule has 0 spiro atoms. The molecule has 0 radical (unpaired) electrons. The van der Waals surface area contributed by atoms with E-state index < -0.39 is 17.3 Å². The Kier molecular flexibility index (Phi) is 7.80. The van der Waals surface area contributed by atoms with Gasteiger partial charge < -0.3 is 29.2 Å². The standard InChI is InChI=1S/C18H24N2O7S/c1-5-27-15(23)8-19-13(21)9-20-14(22)10-28-18(20)11-6-7-12(24-2)17(26-4)16(11)25-3/h6-7,18H,5,8-10H2,1-4H3,(H,19,21). The summed E-state index contributed by atoms with van der Waals surface area (Å²) in [7, 11) is 4.52. The molecule has 2 amide bonds. The maximum atomic E-state index is 12.3. The Labute approximate surface area is 167 Å². The first-order valence-corrected chi connectivity index (χ1v) is 9.63. The zero-order chi connectivity index (χ0) is 20.7. The maximum absolute atomic E-state index is 12.3. The number of methoxy groups -OCH3 is 3. The zero-order valence-corrected chi connectivity index (χ0v) is 17.1. The molecule has 1 heterocycles. The topological polar surface area (TPSA) is 103 Å². The minimum absolute atomic E-state index is 0.182. The lowest BCUT2D eigenvalue weighted by molar-refractivity contribution is -0.143. The molecule has 1 aromatic rings. The van der Waals surface area contributed by atoms with Gasteiger partial charge in [0.25, 0.3) is 0 Å². The number of thioether (sulfide) groups is 1. The molecule has 9 nitrogen and oxygen atoms in total. The van der Waals surface area contributed by atoms with Crippen LogP contribution in [0.4, 0.5) is 0 Å². The molecule has 0 aliphatic carbocycles. The molecule has 1 unspecified atom stereocenters. The van der Waals surface area contributed by atoms with Crippen LogP contribution in [0.1, 0.15) is 17.9 Å². The number of nitrogens with zero attached hydrogens (tertiary/aromatic N) is 1. The van der Waals surface area contributed by atoms with Crippen LogP contribution in [-0.4, -0.2) is 69.5 Å². The summed E-state index contributed by atoms with van der Waals surface area (Å²) in [6, 6.07) is 3.50. The monoisotopic (exact) mass is 412 g/mol.